The predicted molar refractivity (Wildman–Crippen MR) is 80.8 cm³/mol. The van der Waals surface area contributed by atoms with Gasteiger partial charge in [-0.25, -0.2) is 0 Å². The summed E-state index contributed by atoms with van der Waals surface area (Å²) in [6.07, 6.45) is 3.52. The highest BCUT2D eigenvalue weighted by Gasteiger charge is 2.27. The number of benzene rings is 1. The Balaban J connectivity index is 1.58. The molecule has 0 fully saturated rings. The number of carbonyl (C=O) groups excluding carboxylic acids is 1. The molecule has 0 atom stereocenters. The molecule has 0 radical (unpaired) electrons. The molecule has 1 aliphatic carbocycles. The number of nitrogens with zero attached hydrogens (tertiary/aromatic N) is 1. The molecule has 1 aliphatic heterocycles. The van der Waals surface area contributed by atoms with Gasteiger partial charge in [0, 0.05) is 23.7 Å². The fraction of sp³-hybridized carbons (Fsp3) is 0.312. The Hall–Kier alpha value is -1.81. The van der Waals surface area contributed by atoms with E-state index in [4.69, 9.17) is 5.73 Å². The van der Waals surface area contributed by atoms with E-state index in [1.807, 2.05) is 23.1 Å². The van der Waals surface area contributed by atoms with Crippen molar-refractivity contribution in [1.82, 2.24) is 4.90 Å². The number of anilines is 1. The highest BCUT2D eigenvalue weighted by atomic mass is 32.1. The van der Waals surface area contributed by atoms with Crippen molar-refractivity contribution in [2.45, 2.75) is 32.4 Å². The van der Waals surface area contributed by atoms with E-state index in [-0.39, 0.29) is 5.91 Å². The zero-order chi connectivity index (χ0) is 13.7. The summed E-state index contributed by atoms with van der Waals surface area (Å²) >= 11 is 1.68. The van der Waals surface area contributed by atoms with Gasteiger partial charge in [-0.15, -0.1) is 11.3 Å². The lowest BCUT2D eigenvalue weighted by Gasteiger charge is -2.13. The van der Waals surface area contributed by atoms with Crippen LogP contribution in [0.5, 0.6) is 0 Å². The SMILES string of the molecule is Nc1ccc2c(c1)CN(C(=O)c1cc3c(s1)CCC3)C2. The highest BCUT2D eigenvalue weighted by Crippen LogP contribution is 2.33. The molecule has 4 heteroatoms. The molecule has 2 aliphatic rings. The third kappa shape index (κ3) is 1.83. The summed E-state index contributed by atoms with van der Waals surface area (Å²) in [7, 11) is 0. The van der Waals surface area contributed by atoms with Crippen LogP contribution in [-0.2, 0) is 25.9 Å². The lowest BCUT2D eigenvalue weighted by molar-refractivity contribution is 0.0756. The average Bonchev–Trinajstić information content (AvgIpc) is 3.10. The second-order valence-corrected chi connectivity index (χ2v) is 6.74. The van der Waals surface area contributed by atoms with Crippen LogP contribution in [0.4, 0.5) is 5.69 Å². The molecule has 2 N–H and O–H groups in total. The fourth-order valence-electron chi connectivity index (χ4n) is 3.15. The van der Waals surface area contributed by atoms with Crippen LogP contribution in [0.3, 0.4) is 0 Å². The van der Waals surface area contributed by atoms with E-state index >= 15 is 0 Å². The van der Waals surface area contributed by atoms with Gasteiger partial charge in [0.1, 0.15) is 0 Å². The molecule has 0 bridgehead atoms. The minimum Gasteiger partial charge on any atom is -0.399 e. The Kier molecular flexibility index (Phi) is 2.60. The number of nitrogen functional groups attached to an aromatic ring is 1. The predicted octanol–water partition coefficient (Wildman–Crippen LogP) is 2.98. The van der Waals surface area contributed by atoms with Crippen LogP contribution in [0.25, 0.3) is 0 Å². The molecule has 20 heavy (non-hydrogen) atoms. The smallest absolute Gasteiger partial charge is 0.264 e. The summed E-state index contributed by atoms with van der Waals surface area (Å²) in [5.74, 6) is 0.166. The van der Waals surface area contributed by atoms with E-state index in [1.54, 1.807) is 11.3 Å². The number of thiophene rings is 1. The second kappa shape index (κ2) is 4.35. The van der Waals surface area contributed by atoms with E-state index in [0.29, 0.717) is 13.1 Å². The lowest BCUT2D eigenvalue weighted by atomic mass is 10.1. The van der Waals surface area contributed by atoms with Crippen LogP contribution in [0, 0.1) is 0 Å². The van der Waals surface area contributed by atoms with Crippen LogP contribution < -0.4 is 5.73 Å². The number of hydrogen-bond donors (Lipinski definition) is 1. The minimum absolute atomic E-state index is 0.166. The molecular formula is C16H16N2OS. The van der Waals surface area contributed by atoms with E-state index in [2.05, 4.69) is 6.07 Å². The Morgan fingerprint density at radius 1 is 1.10 bits per heavy atom. The summed E-state index contributed by atoms with van der Waals surface area (Å²) in [6, 6.07) is 8.03. The molecule has 1 aromatic heterocycles. The summed E-state index contributed by atoms with van der Waals surface area (Å²) < 4.78 is 0. The first-order valence-corrected chi connectivity index (χ1v) is 7.80. The first-order valence-electron chi connectivity index (χ1n) is 6.99. The van der Waals surface area contributed by atoms with Crippen LogP contribution in [0.2, 0.25) is 0 Å². The quantitative estimate of drug-likeness (QED) is 0.818. The van der Waals surface area contributed by atoms with Crippen LogP contribution in [-0.4, -0.2) is 10.8 Å². The van der Waals surface area contributed by atoms with Crippen molar-refractivity contribution >= 4 is 22.9 Å². The number of carbonyl (C=O) groups is 1. The maximum Gasteiger partial charge on any atom is 0.264 e. The number of nitrogens with two attached hydrogens (primary N) is 1. The van der Waals surface area contributed by atoms with Crippen molar-refractivity contribution in [2.75, 3.05) is 5.73 Å². The second-order valence-electron chi connectivity index (χ2n) is 5.60. The van der Waals surface area contributed by atoms with Crippen molar-refractivity contribution in [3.8, 4) is 0 Å². The molecule has 2 aromatic rings. The summed E-state index contributed by atoms with van der Waals surface area (Å²) in [5.41, 5.74) is 10.4. The van der Waals surface area contributed by atoms with Gasteiger partial charge in [0.15, 0.2) is 0 Å². The monoisotopic (exact) mass is 284 g/mol. The third-order valence-corrected chi connectivity index (χ3v) is 5.42. The number of fused-ring (bicyclic) bond motifs is 2. The molecule has 0 unspecified atom stereocenters. The van der Waals surface area contributed by atoms with E-state index in [0.717, 1.165) is 23.4 Å². The summed E-state index contributed by atoms with van der Waals surface area (Å²) in [4.78, 5) is 16.8. The molecule has 1 aromatic carbocycles. The molecule has 4 rings (SSSR count). The molecule has 2 heterocycles. The van der Waals surface area contributed by atoms with Crippen molar-refractivity contribution in [3.63, 3.8) is 0 Å². The van der Waals surface area contributed by atoms with Crippen LogP contribution in [0.15, 0.2) is 24.3 Å². The first-order chi connectivity index (χ1) is 9.70. The minimum atomic E-state index is 0.166. The number of amides is 1. The Morgan fingerprint density at radius 2 is 1.95 bits per heavy atom. The Labute approximate surface area is 122 Å². The van der Waals surface area contributed by atoms with Gasteiger partial charge in [0.2, 0.25) is 0 Å². The van der Waals surface area contributed by atoms with Gasteiger partial charge in [-0.1, -0.05) is 6.07 Å². The largest absolute Gasteiger partial charge is 0.399 e. The molecule has 3 nitrogen and oxygen atoms in total. The maximum absolute atomic E-state index is 12.6. The molecule has 0 saturated heterocycles. The normalized spacial score (nSPS) is 16.3. The zero-order valence-corrected chi connectivity index (χ0v) is 12.0. The van der Waals surface area contributed by atoms with Gasteiger partial charge in [0.05, 0.1) is 4.88 Å². The van der Waals surface area contributed by atoms with Gasteiger partial charge in [-0.3, -0.25) is 4.79 Å². The van der Waals surface area contributed by atoms with Gasteiger partial charge in [-0.2, -0.15) is 0 Å². The summed E-state index contributed by atoms with van der Waals surface area (Å²) in [5, 5.41) is 0. The molecule has 0 saturated carbocycles. The molecule has 0 spiro atoms. The fourth-order valence-corrected chi connectivity index (χ4v) is 4.37. The zero-order valence-electron chi connectivity index (χ0n) is 11.2. The van der Waals surface area contributed by atoms with Crippen LogP contribution in [0.1, 0.15) is 37.7 Å². The van der Waals surface area contributed by atoms with Gasteiger partial charge < -0.3 is 10.6 Å². The standard InChI is InChI=1S/C16H16N2OS/c17-13-5-4-11-8-18(9-12(11)6-13)16(19)15-7-10-2-1-3-14(10)20-15/h4-7H,1-3,8-9,17H2. The first kappa shape index (κ1) is 12.0. The van der Waals surface area contributed by atoms with E-state index in [1.165, 1.54) is 28.0 Å². The molecule has 102 valence electrons. The average molecular weight is 284 g/mol. The van der Waals surface area contributed by atoms with E-state index in [9.17, 15) is 4.79 Å². The van der Waals surface area contributed by atoms with Gasteiger partial charge in [-0.05, 0) is 54.2 Å². The van der Waals surface area contributed by atoms with Gasteiger partial charge in [0.25, 0.3) is 5.91 Å². The Morgan fingerprint density at radius 3 is 2.80 bits per heavy atom. The number of rotatable bonds is 1. The third-order valence-electron chi connectivity index (χ3n) is 4.20. The number of hydrogen-bond acceptors (Lipinski definition) is 3. The molecular weight excluding hydrogens is 268 g/mol. The van der Waals surface area contributed by atoms with Crippen LogP contribution >= 0.6 is 11.3 Å². The summed E-state index contributed by atoms with van der Waals surface area (Å²) in [6.45, 7) is 1.39. The van der Waals surface area contributed by atoms with Crippen molar-refractivity contribution in [2.24, 2.45) is 0 Å². The molecule has 1 amide bonds. The Bertz CT molecular complexity index is 683. The van der Waals surface area contributed by atoms with Crippen molar-refractivity contribution in [3.05, 3.63) is 50.7 Å². The number of aryl methyl sites for hydroxylation is 2. The van der Waals surface area contributed by atoms with Crippen molar-refractivity contribution < 1.29 is 4.79 Å². The lowest BCUT2D eigenvalue weighted by Crippen LogP contribution is -2.24. The van der Waals surface area contributed by atoms with Crippen molar-refractivity contribution in [1.29, 1.82) is 0 Å². The highest BCUT2D eigenvalue weighted by molar-refractivity contribution is 7.14. The van der Waals surface area contributed by atoms with Gasteiger partial charge >= 0.3 is 0 Å². The maximum atomic E-state index is 12.6. The van der Waals surface area contributed by atoms with E-state index < -0.39 is 0 Å². The topological polar surface area (TPSA) is 46.3 Å².